The van der Waals surface area contributed by atoms with Gasteiger partial charge in [0.15, 0.2) is 0 Å². The molecule has 0 radical (unpaired) electrons. The SMILES string of the molecule is CCc1nsc(N2CCC(C(=O)O)(C(C)C)C2)n1. The van der Waals surface area contributed by atoms with E-state index < -0.39 is 11.4 Å². The number of hydrogen-bond donors (Lipinski definition) is 1. The highest BCUT2D eigenvalue weighted by molar-refractivity contribution is 7.09. The van der Waals surface area contributed by atoms with E-state index in [4.69, 9.17) is 0 Å². The van der Waals surface area contributed by atoms with Gasteiger partial charge >= 0.3 is 5.97 Å². The fraction of sp³-hybridized carbons (Fsp3) is 0.750. The average Bonchev–Trinajstić information content (AvgIpc) is 2.96. The lowest BCUT2D eigenvalue weighted by molar-refractivity contribution is -0.150. The normalized spacial score (nSPS) is 23.9. The summed E-state index contributed by atoms with van der Waals surface area (Å²) in [5.74, 6) is 0.270. The lowest BCUT2D eigenvalue weighted by Gasteiger charge is -2.28. The number of anilines is 1. The van der Waals surface area contributed by atoms with Crippen LogP contribution in [0.4, 0.5) is 5.13 Å². The van der Waals surface area contributed by atoms with Crippen LogP contribution in [0.1, 0.15) is 33.0 Å². The van der Waals surface area contributed by atoms with Crippen LogP contribution in [0.2, 0.25) is 0 Å². The molecule has 100 valence electrons. The molecule has 1 atom stereocenters. The standard InChI is InChI=1S/C12H19N3O2S/c1-4-9-13-11(18-14-9)15-6-5-12(7-15,8(2)3)10(16)17/h8H,4-7H2,1-3H3,(H,16,17). The summed E-state index contributed by atoms with van der Waals surface area (Å²) in [5.41, 5.74) is -0.641. The lowest BCUT2D eigenvalue weighted by Crippen LogP contribution is -2.39. The molecule has 1 N–H and O–H groups in total. The van der Waals surface area contributed by atoms with E-state index in [-0.39, 0.29) is 5.92 Å². The van der Waals surface area contributed by atoms with E-state index in [0.717, 1.165) is 23.9 Å². The predicted octanol–water partition coefficient (Wildman–Crippen LogP) is 2.04. The first-order valence-corrected chi connectivity index (χ1v) is 7.08. The van der Waals surface area contributed by atoms with E-state index in [9.17, 15) is 9.90 Å². The van der Waals surface area contributed by atoms with Gasteiger partial charge in [-0.05, 0) is 12.3 Å². The molecule has 1 saturated heterocycles. The van der Waals surface area contributed by atoms with Crippen molar-refractivity contribution in [3.63, 3.8) is 0 Å². The van der Waals surface area contributed by atoms with Crippen molar-refractivity contribution in [2.24, 2.45) is 11.3 Å². The first-order valence-electron chi connectivity index (χ1n) is 6.30. The van der Waals surface area contributed by atoms with E-state index >= 15 is 0 Å². The second-order valence-electron chi connectivity index (χ2n) is 5.13. The Bertz CT molecular complexity index is 446. The Hall–Kier alpha value is -1.17. The number of aryl methyl sites for hydroxylation is 1. The predicted molar refractivity (Wildman–Crippen MR) is 71.0 cm³/mol. The van der Waals surface area contributed by atoms with Crippen molar-refractivity contribution in [3.05, 3.63) is 5.82 Å². The van der Waals surface area contributed by atoms with Gasteiger partial charge in [0, 0.05) is 31.0 Å². The lowest BCUT2D eigenvalue weighted by atomic mass is 9.76. The molecule has 0 aromatic carbocycles. The van der Waals surface area contributed by atoms with Crippen molar-refractivity contribution in [2.75, 3.05) is 18.0 Å². The second kappa shape index (κ2) is 4.84. The van der Waals surface area contributed by atoms with Gasteiger partial charge in [-0.25, -0.2) is 4.98 Å². The minimum Gasteiger partial charge on any atom is -0.481 e. The highest BCUT2D eigenvalue weighted by atomic mass is 32.1. The van der Waals surface area contributed by atoms with Crippen LogP contribution in [-0.4, -0.2) is 33.5 Å². The van der Waals surface area contributed by atoms with Crippen LogP contribution >= 0.6 is 11.5 Å². The number of rotatable bonds is 4. The Morgan fingerprint density at radius 1 is 1.61 bits per heavy atom. The third-order valence-electron chi connectivity index (χ3n) is 3.88. The summed E-state index contributed by atoms with van der Waals surface area (Å²) in [6.07, 6.45) is 1.50. The van der Waals surface area contributed by atoms with E-state index in [1.807, 2.05) is 20.8 Å². The molecule has 0 spiro atoms. The summed E-state index contributed by atoms with van der Waals surface area (Å²) in [7, 11) is 0. The molecule has 0 aliphatic carbocycles. The summed E-state index contributed by atoms with van der Waals surface area (Å²) in [5, 5.41) is 10.3. The summed E-state index contributed by atoms with van der Waals surface area (Å²) in [6.45, 7) is 7.27. The number of carboxylic acids is 1. The second-order valence-corrected chi connectivity index (χ2v) is 5.86. The Morgan fingerprint density at radius 3 is 2.78 bits per heavy atom. The van der Waals surface area contributed by atoms with Gasteiger partial charge in [-0.3, -0.25) is 4.79 Å². The number of aliphatic carboxylic acids is 1. The molecule has 1 unspecified atom stereocenters. The number of hydrogen-bond acceptors (Lipinski definition) is 5. The maximum Gasteiger partial charge on any atom is 0.311 e. The molecule has 5 nitrogen and oxygen atoms in total. The zero-order valence-corrected chi connectivity index (χ0v) is 11.8. The minimum absolute atomic E-state index is 0.124. The molecule has 6 heteroatoms. The zero-order valence-electron chi connectivity index (χ0n) is 11.0. The molecule has 2 rings (SSSR count). The van der Waals surface area contributed by atoms with Crippen LogP contribution in [0.5, 0.6) is 0 Å². The molecule has 0 saturated carbocycles. The van der Waals surface area contributed by atoms with Crippen LogP contribution in [0.3, 0.4) is 0 Å². The molecule has 0 amide bonds. The molecular formula is C12H19N3O2S. The third kappa shape index (κ3) is 2.09. The molecule has 2 heterocycles. The fourth-order valence-electron chi connectivity index (χ4n) is 2.41. The maximum atomic E-state index is 11.5. The van der Waals surface area contributed by atoms with Gasteiger partial charge in [-0.15, -0.1) is 0 Å². The molecule has 1 aromatic heterocycles. The Kier molecular flexibility index (Phi) is 3.56. The largest absolute Gasteiger partial charge is 0.481 e. The van der Waals surface area contributed by atoms with Gasteiger partial charge in [0.25, 0.3) is 0 Å². The molecule has 18 heavy (non-hydrogen) atoms. The molecule has 1 aliphatic heterocycles. The highest BCUT2D eigenvalue weighted by Crippen LogP contribution is 2.40. The number of aromatic nitrogens is 2. The Labute approximate surface area is 111 Å². The van der Waals surface area contributed by atoms with Crippen molar-refractivity contribution in [1.29, 1.82) is 0 Å². The van der Waals surface area contributed by atoms with Gasteiger partial charge in [-0.2, -0.15) is 4.37 Å². The minimum atomic E-state index is -0.694. The average molecular weight is 269 g/mol. The maximum absolute atomic E-state index is 11.5. The van der Waals surface area contributed by atoms with Crippen LogP contribution in [0.25, 0.3) is 0 Å². The van der Waals surface area contributed by atoms with Crippen LogP contribution in [-0.2, 0) is 11.2 Å². The van der Waals surface area contributed by atoms with Crippen molar-refractivity contribution < 1.29 is 9.90 Å². The van der Waals surface area contributed by atoms with Gasteiger partial charge in [0.2, 0.25) is 5.13 Å². The van der Waals surface area contributed by atoms with Crippen LogP contribution in [0, 0.1) is 11.3 Å². The summed E-state index contributed by atoms with van der Waals surface area (Å²) < 4.78 is 4.26. The van der Waals surface area contributed by atoms with Crippen LogP contribution < -0.4 is 4.90 Å². The van der Waals surface area contributed by atoms with E-state index in [1.165, 1.54) is 11.5 Å². The van der Waals surface area contributed by atoms with Crippen molar-refractivity contribution in [1.82, 2.24) is 9.36 Å². The number of carboxylic acid groups (broad SMARTS) is 1. The van der Waals surface area contributed by atoms with E-state index in [0.29, 0.717) is 13.0 Å². The summed E-state index contributed by atoms with van der Waals surface area (Å²) in [6, 6.07) is 0. The molecule has 1 fully saturated rings. The number of carbonyl (C=O) groups is 1. The number of nitrogens with zero attached hydrogens (tertiary/aromatic N) is 3. The Balaban J connectivity index is 2.18. The fourth-order valence-corrected chi connectivity index (χ4v) is 3.18. The van der Waals surface area contributed by atoms with Gasteiger partial charge in [0.1, 0.15) is 5.82 Å². The van der Waals surface area contributed by atoms with Gasteiger partial charge < -0.3 is 10.0 Å². The summed E-state index contributed by atoms with van der Waals surface area (Å²) in [4.78, 5) is 18.0. The summed E-state index contributed by atoms with van der Waals surface area (Å²) >= 11 is 1.37. The molecule has 0 bridgehead atoms. The van der Waals surface area contributed by atoms with Gasteiger partial charge in [0.05, 0.1) is 5.41 Å². The smallest absolute Gasteiger partial charge is 0.311 e. The zero-order chi connectivity index (χ0) is 13.3. The van der Waals surface area contributed by atoms with Crippen molar-refractivity contribution in [3.8, 4) is 0 Å². The van der Waals surface area contributed by atoms with Crippen molar-refractivity contribution >= 4 is 22.6 Å². The topological polar surface area (TPSA) is 66.3 Å². The van der Waals surface area contributed by atoms with Crippen molar-refractivity contribution in [2.45, 2.75) is 33.6 Å². The first-order chi connectivity index (χ1) is 8.49. The van der Waals surface area contributed by atoms with E-state index in [1.54, 1.807) is 0 Å². The highest BCUT2D eigenvalue weighted by Gasteiger charge is 2.47. The van der Waals surface area contributed by atoms with Gasteiger partial charge in [-0.1, -0.05) is 20.8 Å². The Morgan fingerprint density at radius 2 is 2.33 bits per heavy atom. The third-order valence-corrected chi connectivity index (χ3v) is 4.69. The van der Waals surface area contributed by atoms with E-state index in [2.05, 4.69) is 14.3 Å². The molecular weight excluding hydrogens is 250 g/mol. The quantitative estimate of drug-likeness (QED) is 0.906. The molecule has 1 aliphatic rings. The molecule has 1 aromatic rings. The monoisotopic (exact) mass is 269 g/mol. The van der Waals surface area contributed by atoms with Crippen LogP contribution in [0.15, 0.2) is 0 Å². The first kappa shape index (κ1) is 13.3.